The summed E-state index contributed by atoms with van der Waals surface area (Å²) in [5.74, 6) is 2.24. The molecule has 0 unspecified atom stereocenters. The Morgan fingerprint density at radius 3 is 2.20 bits per heavy atom. The van der Waals surface area contributed by atoms with Gasteiger partial charge in [0.2, 0.25) is 0 Å². The minimum atomic E-state index is 0.650. The summed E-state index contributed by atoms with van der Waals surface area (Å²) in [6, 6.07) is 8.80. The first kappa shape index (κ1) is 8.19. The maximum absolute atomic E-state index is 2.24. The van der Waals surface area contributed by atoms with Crippen molar-refractivity contribution in [2.45, 2.75) is 10.7 Å². The molecule has 0 saturated heterocycles. The third kappa shape index (κ3) is 2.05. The zero-order chi connectivity index (χ0) is 7.40. The fourth-order valence-corrected chi connectivity index (χ4v) is 1.98. The Morgan fingerprint density at radius 1 is 1.20 bits per heavy atom. The van der Waals surface area contributed by atoms with Gasteiger partial charge < -0.3 is 0 Å². The standard InChI is InChI=1S/C8H10SSe/c1-9-7-3-5-8(10-2)6-4-7/h3-6H,1-2H3. The molecule has 0 N–H and O–H groups in total. The van der Waals surface area contributed by atoms with Gasteiger partial charge in [-0.3, -0.25) is 0 Å². The van der Waals surface area contributed by atoms with Gasteiger partial charge in [0.1, 0.15) is 0 Å². The number of rotatable bonds is 2. The Labute approximate surface area is 72.6 Å². The summed E-state index contributed by atoms with van der Waals surface area (Å²) >= 11 is 2.44. The topological polar surface area (TPSA) is 0 Å². The van der Waals surface area contributed by atoms with Gasteiger partial charge in [-0.1, -0.05) is 0 Å². The molecule has 0 aliphatic heterocycles. The van der Waals surface area contributed by atoms with Crippen LogP contribution in [0.2, 0.25) is 5.82 Å². The molecule has 1 aromatic carbocycles. The van der Waals surface area contributed by atoms with Crippen molar-refractivity contribution >= 4 is 31.2 Å². The summed E-state index contributed by atoms with van der Waals surface area (Å²) in [4.78, 5) is 1.35. The minimum absolute atomic E-state index is 0.650. The zero-order valence-electron chi connectivity index (χ0n) is 6.13. The van der Waals surface area contributed by atoms with Crippen LogP contribution in [-0.4, -0.2) is 21.2 Å². The van der Waals surface area contributed by atoms with Crippen molar-refractivity contribution < 1.29 is 0 Å². The van der Waals surface area contributed by atoms with Crippen LogP contribution in [0.25, 0.3) is 0 Å². The number of thioether (sulfide) groups is 1. The van der Waals surface area contributed by atoms with Crippen molar-refractivity contribution in [3.63, 3.8) is 0 Å². The van der Waals surface area contributed by atoms with Gasteiger partial charge in [-0.2, -0.15) is 0 Å². The third-order valence-electron chi connectivity index (χ3n) is 1.30. The van der Waals surface area contributed by atoms with Gasteiger partial charge in [-0.25, -0.2) is 0 Å². The van der Waals surface area contributed by atoms with Crippen molar-refractivity contribution in [2.75, 3.05) is 6.26 Å². The van der Waals surface area contributed by atoms with E-state index in [9.17, 15) is 0 Å². The predicted molar refractivity (Wildman–Crippen MR) is 49.5 cm³/mol. The van der Waals surface area contributed by atoms with E-state index in [1.165, 1.54) is 9.36 Å². The normalized spacial score (nSPS) is 9.80. The molecule has 0 aliphatic carbocycles. The van der Waals surface area contributed by atoms with Gasteiger partial charge in [0, 0.05) is 0 Å². The summed E-state index contributed by atoms with van der Waals surface area (Å²) in [5, 5.41) is 0. The van der Waals surface area contributed by atoms with Crippen molar-refractivity contribution in [3.05, 3.63) is 24.3 Å². The van der Waals surface area contributed by atoms with E-state index in [1.54, 1.807) is 11.8 Å². The molecule has 54 valence electrons. The average molecular weight is 217 g/mol. The molecule has 0 bridgehead atoms. The molecule has 0 atom stereocenters. The molecule has 1 aromatic rings. The van der Waals surface area contributed by atoms with Gasteiger partial charge in [-0.15, -0.1) is 0 Å². The third-order valence-corrected chi connectivity index (χ3v) is 3.60. The Kier molecular flexibility index (Phi) is 3.33. The van der Waals surface area contributed by atoms with Crippen LogP contribution in [0.3, 0.4) is 0 Å². The van der Waals surface area contributed by atoms with Gasteiger partial charge in [0.15, 0.2) is 0 Å². The second kappa shape index (κ2) is 4.07. The Balaban J connectivity index is 2.80. The van der Waals surface area contributed by atoms with E-state index >= 15 is 0 Å². The first-order chi connectivity index (χ1) is 4.86. The summed E-state index contributed by atoms with van der Waals surface area (Å²) in [6.45, 7) is 0. The van der Waals surface area contributed by atoms with E-state index in [1.807, 2.05) is 0 Å². The second-order valence-electron chi connectivity index (χ2n) is 1.88. The molecule has 1 rings (SSSR count). The molecule has 0 heterocycles. The molecule has 2 heteroatoms. The predicted octanol–water partition coefficient (Wildman–Crippen LogP) is 1.79. The Bertz CT molecular complexity index is 170. The van der Waals surface area contributed by atoms with Crippen molar-refractivity contribution in [1.82, 2.24) is 0 Å². The number of hydrogen-bond acceptors (Lipinski definition) is 1. The Hall–Kier alpha value is 0.0895. The zero-order valence-corrected chi connectivity index (χ0v) is 8.66. The summed E-state index contributed by atoms with van der Waals surface area (Å²) in [6.07, 6.45) is 2.10. The van der Waals surface area contributed by atoms with Crippen LogP contribution in [0, 0.1) is 0 Å². The maximum atomic E-state index is 2.24. The molecule has 0 nitrogen and oxygen atoms in total. The van der Waals surface area contributed by atoms with E-state index in [0.717, 1.165) is 0 Å². The van der Waals surface area contributed by atoms with Crippen LogP contribution in [-0.2, 0) is 0 Å². The van der Waals surface area contributed by atoms with E-state index in [4.69, 9.17) is 0 Å². The summed E-state index contributed by atoms with van der Waals surface area (Å²) < 4.78 is 1.48. The SMILES string of the molecule is CSc1ccc([Se]C)cc1. The van der Waals surface area contributed by atoms with E-state index in [2.05, 4.69) is 36.3 Å². The summed E-state index contributed by atoms with van der Waals surface area (Å²) in [7, 11) is 0. The molecule has 0 fully saturated rings. The fourth-order valence-electron chi connectivity index (χ4n) is 0.712. The summed E-state index contributed by atoms with van der Waals surface area (Å²) in [5.41, 5.74) is 0. The van der Waals surface area contributed by atoms with Crippen LogP contribution < -0.4 is 4.46 Å². The molecular formula is C8H10SSe. The molecule has 0 radical (unpaired) electrons. The first-order valence-electron chi connectivity index (χ1n) is 3.05. The van der Waals surface area contributed by atoms with E-state index in [0.29, 0.717) is 15.0 Å². The van der Waals surface area contributed by atoms with Crippen LogP contribution in [0.5, 0.6) is 0 Å². The van der Waals surface area contributed by atoms with Crippen LogP contribution in [0.15, 0.2) is 29.2 Å². The molecule has 0 spiro atoms. The molecular weight excluding hydrogens is 207 g/mol. The first-order valence-corrected chi connectivity index (χ1v) is 6.84. The molecule has 0 aromatic heterocycles. The van der Waals surface area contributed by atoms with Gasteiger partial charge in [0.05, 0.1) is 0 Å². The van der Waals surface area contributed by atoms with E-state index < -0.39 is 0 Å². The van der Waals surface area contributed by atoms with E-state index in [-0.39, 0.29) is 0 Å². The monoisotopic (exact) mass is 218 g/mol. The van der Waals surface area contributed by atoms with Crippen LogP contribution in [0.1, 0.15) is 0 Å². The van der Waals surface area contributed by atoms with Crippen LogP contribution >= 0.6 is 11.8 Å². The van der Waals surface area contributed by atoms with Crippen molar-refractivity contribution in [3.8, 4) is 0 Å². The number of benzene rings is 1. The molecule has 0 amide bonds. The van der Waals surface area contributed by atoms with Crippen molar-refractivity contribution in [1.29, 1.82) is 0 Å². The molecule has 10 heavy (non-hydrogen) atoms. The number of hydrogen-bond donors (Lipinski definition) is 0. The second-order valence-corrected chi connectivity index (χ2v) is 4.60. The van der Waals surface area contributed by atoms with Crippen molar-refractivity contribution in [2.24, 2.45) is 0 Å². The molecule has 0 saturated carbocycles. The molecule has 0 aliphatic rings. The van der Waals surface area contributed by atoms with Crippen LogP contribution in [0.4, 0.5) is 0 Å². The Morgan fingerprint density at radius 2 is 1.80 bits per heavy atom. The average Bonchev–Trinajstić information content (AvgIpc) is 2.05. The van der Waals surface area contributed by atoms with Gasteiger partial charge in [-0.05, 0) is 0 Å². The fraction of sp³-hybridized carbons (Fsp3) is 0.250. The quantitative estimate of drug-likeness (QED) is 0.537. The van der Waals surface area contributed by atoms with Gasteiger partial charge >= 0.3 is 72.4 Å². The van der Waals surface area contributed by atoms with Gasteiger partial charge in [0.25, 0.3) is 0 Å².